The lowest BCUT2D eigenvalue weighted by atomic mass is 9.91. The van der Waals surface area contributed by atoms with Crippen molar-refractivity contribution < 1.29 is 24.2 Å². The molecule has 0 radical (unpaired) electrons. The van der Waals surface area contributed by atoms with Gasteiger partial charge in [-0.1, -0.05) is 30.3 Å². The third-order valence-electron chi connectivity index (χ3n) is 5.33. The molecule has 2 saturated heterocycles. The molecule has 0 spiro atoms. The Morgan fingerprint density at radius 3 is 2.54 bits per heavy atom. The number of aliphatic hydroxyl groups is 1. The summed E-state index contributed by atoms with van der Waals surface area (Å²) >= 11 is 0. The largest absolute Gasteiger partial charge is 0.445 e. The first kappa shape index (κ1) is 20.5. The number of benzene rings is 1. The van der Waals surface area contributed by atoms with Crippen LogP contribution in [0.25, 0.3) is 0 Å². The van der Waals surface area contributed by atoms with Gasteiger partial charge >= 0.3 is 12.2 Å². The van der Waals surface area contributed by atoms with E-state index >= 15 is 0 Å². The van der Waals surface area contributed by atoms with Gasteiger partial charge in [-0.25, -0.2) is 9.59 Å². The Bertz CT molecular complexity index is 688. The number of carbonyl (C=O) groups excluding carboxylic acids is 2. The molecule has 0 aromatic heterocycles. The van der Waals surface area contributed by atoms with Crippen molar-refractivity contribution in [1.82, 2.24) is 9.80 Å². The molecule has 0 aliphatic carbocycles. The average Bonchev–Trinajstić information content (AvgIpc) is 3.03. The number of aliphatic hydroxyl groups excluding tert-OH is 1. The zero-order valence-corrected chi connectivity index (χ0v) is 16.8. The van der Waals surface area contributed by atoms with Gasteiger partial charge in [0.15, 0.2) is 0 Å². The SMILES string of the molecule is CC(C)(C)OC(=O)N1[C@@H](CO)C[C@H]2CCN(C(=O)OCc3ccccc3)C[C@H]21. The molecule has 3 atom stereocenters. The molecule has 7 heteroatoms. The number of piperidine rings is 1. The molecule has 0 saturated carbocycles. The van der Waals surface area contributed by atoms with Gasteiger partial charge in [0, 0.05) is 13.1 Å². The zero-order valence-electron chi connectivity index (χ0n) is 16.8. The fraction of sp³-hybridized carbons (Fsp3) is 0.619. The fourth-order valence-corrected chi connectivity index (χ4v) is 4.04. The number of amides is 2. The van der Waals surface area contributed by atoms with Crippen molar-refractivity contribution in [2.24, 2.45) is 5.92 Å². The van der Waals surface area contributed by atoms with E-state index in [0.29, 0.717) is 13.1 Å². The van der Waals surface area contributed by atoms with Crippen LogP contribution in [0.1, 0.15) is 39.2 Å². The van der Waals surface area contributed by atoms with Gasteiger partial charge in [0.2, 0.25) is 0 Å². The van der Waals surface area contributed by atoms with Crippen LogP contribution in [0.5, 0.6) is 0 Å². The molecule has 1 aromatic carbocycles. The Balaban J connectivity index is 1.64. The summed E-state index contributed by atoms with van der Waals surface area (Å²) in [5.41, 5.74) is 0.320. The summed E-state index contributed by atoms with van der Waals surface area (Å²) in [6.45, 7) is 6.56. The second-order valence-electron chi connectivity index (χ2n) is 8.56. The minimum Gasteiger partial charge on any atom is -0.445 e. The van der Waals surface area contributed by atoms with Crippen molar-refractivity contribution in [3.05, 3.63) is 35.9 Å². The zero-order chi connectivity index (χ0) is 20.3. The molecule has 2 amide bonds. The first-order valence-corrected chi connectivity index (χ1v) is 9.86. The standard InChI is InChI=1S/C21H30N2O5/c1-21(2,3)28-20(26)23-17(13-24)11-16-9-10-22(12-18(16)23)19(25)27-14-15-7-5-4-6-8-15/h4-8,16-18,24H,9-14H2,1-3H3/t16-,17-,18-/m1/s1. The van der Waals surface area contributed by atoms with E-state index in [2.05, 4.69) is 0 Å². The number of ether oxygens (including phenoxy) is 2. The quantitative estimate of drug-likeness (QED) is 0.858. The highest BCUT2D eigenvalue weighted by Gasteiger charge is 2.48. The van der Waals surface area contributed by atoms with Crippen molar-refractivity contribution in [3.63, 3.8) is 0 Å². The molecule has 7 nitrogen and oxygen atoms in total. The number of likely N-dealkylation sites (tertiary alicyclic amines) is 2. The minimum atomic E-state index is -0.613. The monoisotopic (exact) mass is 390 g/mol. The van der Waals surface area contributed by atoms with E-state index in [4.69, 9.17) is 9.47 Å². The maximum Gasteiger partial charge on any atom is 0.410 e. The van der Waals surface area contributed by atoms with E-state index in [1.807, 2.05) is 51.1 Å². The average molecular weight is 390 g/mol. The highest BCUT2D eigenvalue weighted by atomic mass is 16.6. The maximum absolute atomic E-state index is 12.7. The van der Waals surface area contributed by atoms with E-state index in [1.54, 1.807) is 9.80 Å². The van der Waals surface area contributed by atoms with Crippen LogP contribution in [-0.2, 0) is 16.1 Å². The molecule has 2 fully saturated rings. The highest BCUT2D eigenvalue weighted by molar-refractivity contribution is 5.71. The van der Waals surface area contributed by atoms with Gasteiger partial charge in [0.25, 0.3) is 0 Å². The van der Waals surface area contributed by atoms with E-state index in [1.165, 1.54) is 0 Å². The summed E-state index contributed by atoms with van der Waals surface area (Å²) in [6.07, 6.45) is 0.700. The smallest absolute Gasteiger partial charge is 0.410 e. The van der Waals surface area contributed by atoms with Crippen LogP contribution in [0.4, 0.5) is 9.59 Å². The minimum absolute atomic E-state index is 0.106. The lowest BCUT2D eigenvalue weighted by molar-refractivity contribution is -0.00136. The van der Waals surface area contributed by atoms with Crippen LogP contribution < -0.4 is 0 Å². The van der Waals surface area contributed by atoms with Gasteiger partial charge in [0.05, 0.1) is 18.7 Å². The van der Waals surface area contributed by atoms with Crippen molar-refractivity contribution in [1.29, 1.82) is 0 Å². The molecule has 2 aliphatic heterocycles. The number of fused-ring (bicyclic) bond motifs is 1. The number of nitrogens with zero attached hydrogens (tertiary/aromatic N) is 2. The van der Waals surface area contributed by atoms with Crippen LogP contribution in [0.3, 0.4) is 0 Å². The first-order chi connectivity index (χ1) is 13.3. The van der Waals surface area contributed by atoms with E-state index in [-0.39, 0.29) is 37.3 Å². The summed E-state index contributed by atoms with van der Waals surface area (Å²) in [6, 6.07) is 9.11. The molecule has 1 aromatic rings. The number of rotatable bonds is 3. The van der Waals surface area contributed by atoms with Gasteiger partial charge in [0.1, 0.15) is 12.2 Å². The van der Waals surface area contributed by atoms with Gasteiger partial charge in [-0.05, 0) is 45.1 Å². The van der Waals surface area contributed by atoms with Gasteiger partial charge in [-0.3, -0.25) is 4.90 Å². The maximum atomic E-state index is 12.7. The molecule has 2 aliphatic rings. The fourth-order valence-electron chi connectivity index (χ4n) is 4.04. The predicted octanol–water partition coefficient (Wildman–Crippen LogP) is 3.02. The van der Waals surface area contributed by atoms with Crippen molar-refractivity contribution in [2.45, 2.75) is 57.9 Å². The van der Waals surface area contributed by atoms with Crippen LogP contribution in [0, 0.1) is 5.92 Å². The Hall–Kier alpha value is -2.28. The third kappa shape index (κ3) is 4.76. The normalized spacial score (nSPS) is 24.6. The van der Waals surface area contributed by atoms with Gasteiger partial charge in [-0.2, -0.15) is 0 Å². The molecule has 28 heavy (non-hydrogen) atoms. The second kappa shape index (κ2) is 8.39. The molecule has 0 bridgehead atoms. The summed E-state index contributed by atoms with van der Waals surface area (Å²) in [7, 11) is 0. The molecule has 2 heterocycles. The Morgan fingerprint density at radius 1 is 1.18 bits per heavy atom. The predicted molar refractivity (Wildman–Crippen MR) is 104 cm³/mol. The Labute approximate surface area is 166 Å². The molecule has 0 unspecified atom stereocenters. The van der Waals surface area contributed by atoms with E-state index < -0.39 is 11.7 Å². The molecule has 154 valence electrons. The van der Waals surface area contributed by atoms with Gasteiger partial charge < -0.3 is 19.5 Å². The summed E-state index contributed by atoms with van der Waals surface area (Å²) < 4.78 is 11.0. The van der Waals surface area contributed by atoms with Gasteiger partial charge in [-0.15, -0.1) is 0 Å². The van der Waals surface area contributed by atoms with Crippen molar-refractivity contribution in [2.75, 3.05) is 19.7 Å². The summed E-state index contributed by atoms with van der Waals surface area (Å²) in [4.78, 5) is 28.6. The van der Waals surface area contributed by atoms with E-state index in [0.717, 1.165) is 18.4 Å². The number of hydrogen-bond donors (Lipinski definition) is 1. The molecular weight excluding hydrogens is 360 g/mol. The highest BCUT2D eigenvalue weighted by Crippen LogP contribution is 2.37. The second-order valence-corrected chi connectivity index (χ2v) is 8.56. The molecular formula is C21H30N2O5. The number of hydrogen-bond acceptors (Lipinski definition) is 5. The molecule has 3 rings (SSSR count). The topological polar surface area (TPSA) is 79.3 Å². The van der Waals surface area contributed by atoms with Crippen LogP contribution in [-0.4, -0.2) is 64.5 Å². The first-order valence-electron chi connectivity index (χ1n) is 9.86. The van der Waals surface area contributed by atoms with Crippen molar-refractivity contribution in [3.8, 4) is 0 Å². The van der Waals surface area contributed by atoms with Crippen molar-refractivity contribution >= 4 is 12.2 Å². The molecule has 1 N–H and O–H groups in total. The third-order valence-corrected chi connectivity index (χ3v) is 5.33. The summed E-state index contributed by atoms with van der Waals surface area (Å²) in [5, 5.41) is 9.76. The van der Waals surface area contributed by atoms with Crippen LogP contribution in [0.15, 0.2) is 30.3 Å². The van der Waals surface area contributed by atoms with Crippen LogP contribution >= 0.6 is 0 Å². The lowest BCUT2D eigenvalue weighted by Crippen LogP contribution is -2.54. The Morgan fingerprint density at radius 2 is 1.89 bits per heavy atom. The van der Waals surface area contributed by atoms with E-state index in [9.17, 15) is 14.7 Å². The number of carbonyl (C=O) groups is 2. The lowest BCUT2D eigenvalue weighted by Gasteiger charge is -2.39. The Kier molecular flexibility index (Phi) is 6.13. The van der Waals surface area contributed by atoms with Crippen LogP contribution in [0.2, 0.25) is 0 Å². The summed E-state index contributed by atoms with van der Waals surface area (Å²) in [5.74, 6) is 0.253.